The Balaban J connectivity index is 2.33. The highest BCUT2D eigenvalue weighted by Gasteiger charge is 2.13. The Bertz CT molecular complexity index is 578. The number of phenolic OH excluding ortho intramolecular Hbond substituents is 1. The van der Waals surface area contributed by atoms with Crippen LogP contribution in [0.5, 0.6) is 5.75 Å². The molecule has 1 aromatic carbocycles. The molecule has 3 nitrogen and oxygen atoms in total. The number of hydrogen-bond acceptors (Lipinski definition) is 4. The standard InChI is InChI=1S/C13H15NO2S2/c1-8-10(16)3-4-11-12(8)13(9(2)18-11)17-6-5-14-7-15/h3-4,7,16H,5-6H2,1-2H3,(H,14,15). The molecule has 2 aromatic rings. The average Bonchev–Trinajstić information content (AvgIpc) is 2.67. The maximum atomic E-state index is 10.2. The highest BCUT2D eigenvalue weighted by molar-refractivity contribution is 7.99. The molecule has 96 valence electrons. The smallest absolute Gasteiger partial charge is 0.207 e. The van der Waals surface area contributed by atoms with Gasteiger partial charge in [0.2, 0.25) is 6.41 Å². The lowest BCUT2D eigenvalue weighted by atomic mass is 10.1. The number of nitrogens with one attached hydrogen (secondary N) is 1. The van der Waals surface area contributed by atoms with Gasteiger partial charge in [0, 0.05) is 37.7 Å². The Morgan fingerprint density at radius 2 is 2.22 bits per heavy atom. The first-order valence-electron chi connectivity index (χ1n) is 5.66. The highest BCUT2D eigenvalue weighted by Crippen LogP contribution is 2.41. The van der Waals surface area contributed by atoms with E-state index < -0.39 is 0 Å². The van der Waals surface area contributed by atoms with Crippen molar-refractivity contribution in [2.75, 3.05) is 12.3 Å². The number of benzene rings is 1. The largest absolute Gasteiger partial charge is 0.508 e. The number of aromatic hydroxyl groups is 1. The van der Waals surface area contributed by atoms with Crippen LogP contribution in [0.25, 0.3) is 10.1 Å². The number of amides is 1. The zero-order chi connectivity index (χ0) is 13.1. The van der Waals surface area contributed by atoms with Crippen LogP contribution in [0.15, 0.2) is 17.0 Å². The van der Waals surface area contributed by atoms with E-state index in [4.69, 9.17) is 0 Å². The Labute approximate surface area is 114 Å². The number of phenols is 1. The number of thioether (sulfide) groups is 1. The first kappa shape index (κ1) is 13.2. The van der Waals surface area contributed by atoms with Crippen molar-refractivity contribution in [2.24, 2.45) is 0 Å². The summed E-state index contributed by atoms with van der Waals surface area (Å²) in [4.78, 5) is 12.7. The fraction of sp³-hybridized carbons (Fsp3) is 0.308. The molecule has 1 amide bonds. The fourth-order valence-corrected chi connectivity index (χ4v) is 4.29. The average molecular weight is 281 g/mol. The number of thiophene rings is 1. The lowest BCUT2D eigenvalue weighted by Gasteiger charge is -2.05. The topological polar surface area (TPSA) is 49.3 Å². The van der Waals surface area contributed by atoms with E-state index in [1.807, 2.05) is 13.0 Å². The number of fused-ring (bicyclic) bond motifs is 1. The summed E-state index contributed by atoms with van der Waals surface area (Å²) in [7, 11) is 0. The number of hydrogen-bond donors (Lipinski definition) is 2. The van der Waals surface area contributed by atoms with Crippen molar-refractivity contribution >= 4 is 39.6 Å². The third-order valence-electron chi connectivity index (χ3n) is 2.78. The van der Waals surface area contributed by atoms with Crippen LogP contribution < -0.4 is 5.32 Å². The third kappa shape index (κ3) is 2.47. The van der Waals surface area contributed by atoms with Gasteiger partial charge in [-0.2, -0.15) is 0 Å². The third-order valence-corrected chi connectivity index (χ3v) is 5.19. The second kappa shape index (κ2) is 5.63. The van der Waals surface area contributed by atoms with Crippen molar-refractivity contribution in [2.45, 2.75) is 18.7 Å². The molecule has 0 aliphatic rings. The number of carbonyl (C=O) groups is 1. The molecule has 0 unspecified atom stereocenters. The number of carbonyl (C=O) groups excluding carboxylic acids is 1. The van der Waals surface area contributed by atoms with E-state index in [-0.39, 0.29) is 0 Å². The molecule has 1 heterocycles. The van der Waals surface area contributed by atoms with E-state index in [1.165, 1.54) is 14.5 Å². The quantitative estimate of drug-likeness (QED) is 0.503. The molecule has 0 radical (unpaired) electrons. The normalized spacial score (nSPS) is 10.8. The summed E-state index contributed by atoms with van der Waals surface area (Å²) < 4.78 is 1.20. The van der Waals surface area contributed by atoms with Gasteiger partial charge >= 0.3 is 0 Å². The van der Waals surface area contributed by atoms with Gasteiger partial charge in [-0.3, -0.25) is 4.79 Å². The van der Waals surface area contributed by atoms with E-state index in [1.54, 1.807) is 29.2 Å². The molecule has 0 aliphatic carbocycles. The van der Waals surface area contributed by atoms with Gasteiger partial charge in [0.25, 0.3) is 0 Å². The van der Waals surface area contributed by atoms with E-state index in [0.29, 0.717) is 12.3 Å². The molecule has 18 heavy (non-hydrogen) atoms. The first-order valence-corrected chi connectivity index (χ1v) is 7.47. The van der Waals surface area contributed by atoms with Gasteiger partial charge in [-0.15, -0.1) is 23.1 Å². The molecule has 0 saturated heterocycles. The monoisotopic (exact) mass is 281 g/mol. The second-order valence-electron chi connectivity index (χ2n) is 3.99. The van der Waals surface area contributed by atoms with E-state index in [9.17, 15) is 9.90 Å². The van der Waals surface area contributed by atoms with E-state index in [0.717, 1.165) is 23.1 Å². The molecule has 0 bridgehead atoms. The maximum absolute atomic E-state index is 10.2. The molecular formula is C13H15NO2S2. The fourth-order valence-electron chi connectivity index (χ4n) is 1.88. The number of rotatable bonds is 5. The maximum Gasteiger partial charge on any atom is 0.207 e. The van der Waals surface area contributed by atoms with Gasteiger partial charge in [0.1, 0.15) is 5.75 Å². The lowest BCUT2D eigenvalue weighted by Crippen LogP contribution is -2.13. The predicted octanol–water partition coefficient (Wildman–Crippen LogP) is 3.06. The molecular weight excluding hydrogens is 266 g/mol. The summed E-state index contributed by atoms with van der Waals surface area (Å²) in [6.45, 7) is 4.69. The molecule has 2 N–H and O–H groups in total. The Morgan fingerprint density at radius 3 is 2.94 bits per heavy atom. The van der Waals surface area contributed by atoms with E-state index in [2.05, 4.69) is 12.2 Å². The van der Waals surface area contributed by atoms with Crippen LogP contribution in [0.4, 0.5) is 0 Å². The van der Waals surface area contributed by atoms with Crippen LogP contribution in [0, 0.1) is 13.8 Å². The van der Waals surface area contributed by atoms with Gasteiger partial charge in [-0.05, 0) is 26.0 Å². The summed E-state index contributed by atoms with van der Waals surface area (Å²) in [5, 5.41) is 13.6. The van der Waals surface area contributed by atoms with Crippen molar-refractivity contribution < 1.29 is 9.90 Å². The van der Waals surface area contributed by atoms with E-state index >= 15 is 0 Å². The van der Waals surface area contributed by atoms with Crippen molar-refractivity contribution in [3.63, 3.8) is 0 Å². The van der Waals surface area contributed by atoms with Crippen LogP contribution in [0.3, 0.4) is 0 Å². The molecule has 0 aliphatic heterocycles. The zero-order valence-corrected chi connectivity index (χ0v) is 12.0. The first-order chi connectivity index (χ1) is 8.65. The molecule has 2 rings (SSSR count). The zero-order valence-electron chi connectivity index (χ0n) is 10.3. The Morgan fingerprint density at radius 1 is 1.44 bits per heavy atom. The summed E-state index contributed by atoms with van der Waals surface area (Å²) in [5.41, 5.74) is 0.933. The van der Waals surface area contributed by atoms with Crippen molar-refractivity contribution in [1.29, 1.82) is 0 Å². The van der Waals surface area contributed by atoms with Crippen molar-refractivity contribution in [3.8, 4) is 5.75 Å². The lowest BCUT2D eigenvalue weighted by molar-refractivity contribution is -0.109. The van der Waals surface area contributed by atoms with Crippen LogP contribution in [-0.4, -0.2) is 23.8 Å². The van der Waals surface area contributed by atoms with Gasteiger partial charge in [-0.1, -0.05) is 0 Å². The van der Waals surface area contributed by atoms with Crippen molar-refractivity contribution in [1.82, 2.24) is 5.32 Å². The predicted molar refractivity (Wildman–Crippen MR) is 77.8 cm³/mol. The number of aryl methyl sites for hydroxylation is 2. The molecule has 1 aromatic heterocycles. The van der Waals surface area contributed by atoms with Crippen LogP contribution >= 0.6 is 23.1 Å². The summed E-state index contributed by atoms with van der Waals surface area (Å²) in [6.07, 6.45) is 0.718. The Kier molecular flexibility index (Phi) is 4.14. The minimum atomic E-state index is 0.341. The van der Waals surface area contributed by atoms with Gasteiger partial charge in [0.15, 0.2) is 0 Å². The molecule has 0 saturated carbocycles. The Hall–Kier alpha value is -1.20. The summed E-state index contributed by atoms with van der Waals surface area (Å²) in [5.74, 6) is 1.17. The summed E-state index contributed by atoms with van der Waals surface area (Å²) in [6, 6.07) is 3.71. The SMILES string of the molecule is Cc1sc2ccc(O)c(C)c2c1SCCNC=O. The molecule has 5 heteroatoms. The van der Waals surface area contributed by atoms with Crippen LogP contribution in [0.2, 0.25) is 0 Å². The van der Waals surface area contributed by atoms with Gasteiger partial charge in [0.05, 0.1) is 0 Å². The molecule has 0 spiro atoms. The van der Waals surface area contributed by atoms with Gasteiger partial charge in [-0.25, -0.2) is 0 Å². The second-order valence-corrected chi connectivity index (χ2v) is 6.35. The minimum Gasteiger partial charge on any atom is -0.508 e. The van der Waals surface area contributed by atoms with Gasteiger partial charge < -0.3 is 10.4 Å². The minimum absolute atomic E-state index is 0.341. The molecule has 0 fully saturated rings. The van der Waals surface area contributed by atoms with Crippen LogP contribution in [-0.2, 0) is 4.79 Å². The van der Waals surface area contributed by atoms with Crippen molar-refractivity contribution in [3.05, 3.63) is 22.6 Å². The van der Waals surface area contributed by atoms with Crippen LogP contribution in [0.1, 0.15) is 10.4 Å². The highest BCUT2D eigenvalue weighted by atomic mass is 32.2. The molecule has 0 atom stereocenters. The summed E-state index contributed by atoms with van der Waals surface area (Å²) >= 11 is 3.47.